The van der Waals surface area contributed by atoms with E-state index >= 15 is 0 Å². The predicted molar refractivity (Wildman–Crippen MR) is 50.9 cm³/mol. The Balaban J connectivity index is 1.98. The van der Waals surface area contributed by atoms with Gasteiger partial charge < -0.3 is 5.73 Å². The summed E-state index contributed by atoms with van der Waals surface area (Å²) >= 11 is 2.15. The van der Waals surface area contributed by atoms with Crippen molar-refractivity contribution >= 4 is 11.8 Å². The molecule has 2 N–H and O–H groups in total. The molecular formula is C9H17NS. The SMILES string of the molecule is NC1CSC2(CCCCC2)C1. The highest BCUT2D eigenvalue weighted by Gasteiger charge is 2.38. The Kier molecular flexibility index (Phi) is 2.15. The van der Waals surface area contributed by atoms with Crippen LogP contribution in [0.5, 0.6) is 0 Å². The fourth-order valence-corrected chi connectivity index (χ4v) is 4.02. The van der Waals surface area contributed by atoms with Crippen molar-refractivity contribution in [2.75, 3.05) is 5.75 Å². The molecule has 0 aromatic carbocycles. The van der Waals surface area contributed by atoms with E-state index in [1.54, 1.807) is 0 Å². The van der Waals surface area contributed by atoms with Crippen LogP contribution in [0.25, 0.3) is 0 Å². The van der Waals surface area contributed by atoms with E-state index in [-0.39, 0.29) is 0 Å². The third kappa shape index (κ3) is 1.57. The van der Waals surface area contributed by atoms with Gasteiger partial charge in [0, 0.05) is 16.5 Å². The van der Waals surface area contributed by atoms with Gasteiger partial charge in [-0.1, -0.05) is 19.3 Å². The van der Waals surface area contributed by atoms with Crippen LogP contribution in [-0.4, -0.2) is 16.5 Å². The average Bonchev–Trinajstić information content (AvgIpc) is 2.34. The van der Waals surface area contributed by atoms with Crippen molar-refractivity contribution < 1.29 is 0 Å². The van der Waals surface area contributed by atoms with Gasteiger partial charge in [0.15, 0.2) is 0 Å². The predicted octanol–water partition coefficient (Wildman–Crippen LogP) is 2.15. The van der Waals surface area contributed by atoms with Crippen LogP contribution < -0.4 is 5.73 Å². The number of hydrogen-bond acceptors (Lipinski definition) is 2. The van der Waals surface area contributed by atoms with E-state index in [1.807, 2.05) is 0 Å². The Morgan fingerprint density at radius 1 is 1.18 bits per heavy atom. The van der Waals surface area contributed by atoms with Crippen LogP contribution in [0.2, 0.25) is 0 Å². The van der Waals surface area contributed by atoms with Gasteiger partial charge in [-0.2, -0.15) is 11.8 Å². The standard InChI is InChI=1S/C9H17NS/c10-8-6-9(11-7-8)4-2-1-3-5-9/h8H,1-7,10H2. The van der Waals surface area contributed by atoms with E-state index in [9.17, 15) is 0 Å². The van der Waals surface area contributed by atoms with Crippen LogP contribution in [0.1, 0.15) is 38.5 Å². The van der Waals surface area contributed by atoms with Crippen molar-refractivity contribution in [3.63, 3.8) is 0 Å². The first-order valence-corrected chi connectivity index (χ1v) is 5.69. The summed E-state index contributed by atoms with van der Waals surface area (Å²) in [6, 6.07) is 0.498. The van der Waals surface area contributed by atoms with Crippen LogP contribution in [-0.2, 0) is 0 Å². The summed E-state index contributed by atoms with van der Waals surface area (Å²) < 4.78 is 0.637. The smallest absolute Gasteiger partial charge is 0.0175 e. The molecule has 1 atom stereocenters. The summed E-state index contributed by atoms with van der Waals surface area (Å²) in [5.74, 6) is 1.21. The maximum Gasteiger partial charge on any atom is 0.0175 e. The molecule has 1 aliphatic carbocycles. The zero-order chi connectivity index (χ0) is 7.73. The molecule has 2 fully saturated rings. The maximum absolute atomic E-state index is 5.92. The molecule has 0 amide bonds. The lowest BCUT2D eigenvalue weighted by Crippen LogP contribution is -2.28. The minimum Gasteiger partial charge on any atom is -0.327 e. The van der Waals surface area contributed by atoms with Crippen molar-refractivity contribution in [3.8, 4) is 0 Å². The second-order valence-corrected chi connectivity index (χ2v) is 5.51. The Morgan fingerprint density at radius 2 is 1.91 bits per heavy atom. The van der Waals surface area contributed by atoms with E-state index in [4.69, 9.17) is 5.73 Å². The second-order valence-electron chi connectivity index (χ2n) is 4.02. The molecule has 1 saturated heterocycles. The van der Waals surface area contributed by atoms with Gasteiger partial charge in [-0.05, 0) is 19.3 Å². The van der Waals surface area contributed by atoms with Crippen LogP contribution in [0, 0.1) is 0 Å². The molecule has 2 heteroatoms. The number of rotatable bonds is 0. The number of hydrogen-bond donors (Lipinski definition) is 1. The lowest BCUT2D eigenvalue weighted by atomic mass is 9.84. The first-order valence-electron chi connectivity index (χ1n) is 4.70. The largest absolute Gasteiger partial charge is 0.327 e. The average molecular weight is 171 g/mol. The molecule has 2 rings (SSSR count). The molecule has 64 valence electrons. The van der Waals surface area contributed by atoms with Crippen molar-refractivity contribution in [2.45, 2.75) is 49.3 Å². The monoisotopic (exact) mass is 171 g/mol. The summed E-state index contributed by atoms with van der Waals surface area (Å²) in [4.78, 5) is 0. The molecule has 0 radical (unpaired) electrons. The minimum absolute atomic E-state index is 0.498. The van der Waals surface area contributed by atoms with Crippen LogP contribution >= 0.6 is 11.8 Å². The first kappa shape index (κ1) is 7.93. The van der Waals surface area contributed by atoms with Crippen LogP contribution in [0.15, 0.2) is 0 Å². The van der Waals surface area contributed by atoms with Crippen molar-refractivity contribution in [1.29, 1.82) is 0 Å². The lowest BCUT2D eigenvalue weighted by molar-refractivity contribution is 0.377. The zero-order valence-corrected chi connectivity index (χ0v) is 7.83. The van der Waals surface area contributed by atoms with Gasteiger partial charge in [0.1, 0.15) is 0 Å². The maximum atomic E-state index is 5.92. The van der Waals surface area contributed by atoms with E-state index in [0.717, 1.165) is 0 Å². The third-order valence-electron chi connectivity index (χ3n) is 3.00. The summed E-state index contributed by atoms with van der Waals surface area (Å²) in [6.07, 6.45) is 8.51. The van der Waals surface area contributed by atoms with Gasteiger partial charge >= 0.3 is 0 Å². The summed E-state index contributed by atoms with van der Waals surface area (Å²) in [7, 11) is 0. The Bertz CT molecular complexity index is 135. The van der Waals surface area contributed by atoms with E-state index in [1.165, 1.54) is 44.3 Å². The molecule has 0 aromatic rings. The molecule has 1 heterocycles. The molecule has 0 bridgehead atoms. The van der Waals surface area contributed by atoms with Crippen molar-refractivity contribution in [1.82, 2.24) is 0 Å². The molecule has 1 saturated carbocycles. The molecule has 1 spiro atoms. The minimum atomic E-state index is 0.498. The van der Waals surface area contributed by atoms with Gasteiger partial charge in [-0.15, -0.1) is 0 Å². The molecular weight excluding hydrogens is 154 g/mol. The van der Waals surface area contributed by atoms with Crippen LogP contribution in [0.3, 0.4) is 0 Å². The van der Waals surface area contributed by atoms with Gasteiger partial charge in [-0.3, -0.25) is 0 Å². The van der Waals surface area contributed by atoms with Crippen molar-refractivity contribution in [2.24, 2.45) is 5.73 Å². The third-order valence-corrected chi connectivity index (χ3v) is 4.78. The Labute approximate surface area is 73.1 Å². The fraction of sp³-hybridized carbons (Fsp3) is 1.00. The summed E-state index contributed by atoms with van der Waals surface area (Å²) in [5, 5.41) is 0. The molecule has 1 nitrogen and oxygen atoms in total. The van der Waals surface area contributed by atoms with Gasteiger partial charge in [0.2, 0.25) is 0 Å². The highest BCUT2D eigenvalue weighted by molar-refractivity contribution is 8.01. The topological polar surface area (TPSA) is 26.0 Å². The molecule has 2 aliphatic rings. The van der Waals surface area contributed by atoms with E-state index in [2.05, 4.69) is 11.8 Å². The first-order chi connectivity index (χ1) is 5.31. The number of thioether (sulfide) groups is 1. The second kappa shape index (κ2) is 2.98. The lowest BCUT2D eigenvalue weighted by Gasteiger charge is -2.32. The molecule has 1 aliphatic heterocycles. The number of nitrogens with two attached hydrogens (primary N) is 1. The zero-order valence-electron chi connectivity index (χ0n) is 7.01. The van der Waals surface area contributed by atoms with E-state index < -0.39 is 0 Å². The molecule has 1 unspecified atom stereocenters. The normalized spacial score (nSPS) is 36.3. The Morgan fingerprint density at radius 3 is 2.45 bits per heavy atom. The molecule has 11 heavy (non-hydrogen) atoms. The van der Waals surface area contributed by atoms with Gasteiger partial charge in [-0.25, -0.2) is 0 Å². The quantitative estimate of drug-likeness (QED) is 0.604. The summed E-state index contributed by atoms with van der Waals surface area (Å²) in [6.45, 7) is 0. The molecule has 0 aromatic heterocycles. The van der Waals surface area contributed by atoms with Gasteiger partial charge in [0.05, 0.1) is 0 Å². The van der Waals surface area contributed by atoms with Crippen LogP contribution in [0.4, 0.5) is 0 Å². The fourth-order valence-electron chi connectivity index (χ4n) is 2.42. The van der Waals surface area contributed by atoms with E-state index in [0.29, 0.717) is 10.8 Å². The van der Waals surface area contributed by atoms with Gasteiger partial charge in [0.25, 0.3) is 0 Å². The highest BCUT2D eigenvalue weighted by Crippen LogP contribution is 2.47. The summed E-state index contributed by atoms with van der Waals surface area (Å²) in [5.41, 5.74) is 5.92. The Hall–Kier alpha value is 0.310. The van der Waals surface area contributed by atoms with Crippen molar-refractivity contribution in [3.05, 3.63) is 0 Å². The highest BCUT2D eigenvalue weighted by atomic mass is 32.2.